The van der Waals surface area contributed by atoms with Crippen LogP contribution in [0.15, 0.2) is 41.3 Å². The second kappa shape index (κ2) is 7.34. The van der Waals surface area contributed by atoms with Crippen LogP contribution in [0.2, 0.25) is 0 Å². The predicted molar refractivity (Wildman–Crippen MR) is 102 cm³/mol. The van der Waals surface area contributed by atoms with Gasteiger partial charge in [0.25, 0.3) is 5.56 Å². The maximum absolute atomic E-state index is 13.4. The maximum Gasteiger partial charge on any atom is 0.258 e. The third-order valence-corrected chi connectivity index (χ3v) is 4.38. The number of aromatic amines is 2. The van der Waals surface area contributed by atoms with Crippen LogP contribution in [0.4, 0.5) is 8.78 Å². The molecule has 0 fully saturated rings. The number of rotatable bonds is 5. The molecule has 2 heterocycles. The van der Waals surface area contributed by atoms with Crippen LogP contribution in [0.3, 0.4) is 0 Å². The van der Waals surface area contributed by atoms with Crippen molar-refractivity contribution in [3.8, 4) is 22.9 Å². The van der Waals surface area contributed by atoms with E-state index in [4.69, 9.17) is 9.47 Å². The fourth-order valence-electron chi connectivity index (χ4n) is 3.06. The lowest BCUT2D eigenvalue weighted by molar-refractivity contribution is 0.355. The average Bonchev–Trinajstić information content (AvgIpc) is 3.15. The molecule has 0 aliphatic heterocycles. The van der Waals surface area contributed by atoms with E-state index in [1.807, 2.05) is 0 Å². The van der Waals surface area contributed by atoms with Crippen LogP contribution in [0.25, 0.3) is 22.3 Å². The van der Waals surface area contributed by atoms with Gasteiger partial charge in [0.2, 0.25) is 0 Å². The zero-order chi connectivity index (χ0) is 20.5. The molecule has 0 amide bonds. The minimum atomic E-state index is -0.692. The molecule has 0 bridgehead atoms. The van der Waals surface area contributed by atoms with Gasteiger partial charge in [-0.05, 0) is 18.2 Å². The third kappa shape index (κ3) is 3.66. The third-order valence-electron chi connectivity index (χ3n) is 4.38. The molecular weight excluding hydrogens is 382 g/mol. The van der Waals surface area contributed by atoms with Crippen molar-refractivity contribution in [3.63, 3.8) is 0 Å². The Morgan fingerprint density at radius 3 is 2.34 bits per heavy atom. The Balaban J connectivity index is 1.68. The number of halogens is 2. The number of fused-ring (bicyclic) bond motifs is 1. The van der Waals surface area contributed by atoms with Gasteiger partial charge in [-0.25, -0.2) is 18.7 Å². The topological polar surface area (TPSA) is 92.9 Å². The Morgan fingerprint density at radius 1 is 0.966 bits per heavy atom. The van der Waals surface area contributed by atoms with Crippen molar-refractivity contribution >= 4 is 10.9 Å². The molecule has 2 N–H and O–H groups in total. The van der Waals surface area contributed by atoms with Crippen LogP contribution in [0.1, 0.15) is 11.5 Å². The predicted octanol–water partition coefficient (Wildman–Crippen LogP) is 3.20. The minimum Gasteiger partial charge on any atom is -0.493 e. The van der Waals surface area contributed by atoms with Crippen molar-refractivity contribution in [3.05, 3.63) is 70.0 Å². The summed E-state index contributed by atoms with van der Waals surface area (Å²) in [5, 5.41) is 0.368. The fourth-order valence-corrected chi connectivity index (χ4v) is 3.06. The van der Waals surface area contributed by atoms with Crippen LogP contribution in [0, 0.1) is 11.6 Å². The number of aromatic nitrogens is 4. The zero-order valence-electron chi connectivity index (χ0n) is 15.5. The van der Waals surface area contributed by atoms with Crippen molar-refractivity contribution in [1.82, 2.24) is 19.9 Å². The van der Waals surface area contributed by atoms with Crippen molar-refractivity contribution in [2.75, 3.05) is 14.2 Å². The lowest BCUT2D eigenvalue weighted by Crippen LogP contribution is -2.12. The normalized spacial score (nSPS) is 11.0. The van der Waals surface area contributed by atoms with E-state index in [2.05, 4.69) is 19.9 Å². The van der Waals surface area contributed by atoms with Crippen molar-refractivity contribution in [2.24, 2.45) is 0 Å². The van der Waals surface area contributed by atoms with Crippen LogP contribution in [0.5, 0.6) is 11.5 Å². The standard InChI is InChI=1S/C20H16F2N4O3/c1-28-16-7-14-15(8-17(16)29-2)25-18(26-20(14)27)6-13-9-23-19(24-13)10-3-11(21)5-12(22)4-10/h3-5,7-9H,6H2,1-2H3,(H,23,24)(H,25,26,27). The molecule has 2 aromatic heterocycles. The number of H-pyrrole nitrogens is 2. The van der Waals surface area contributed by atoms with Gasteiger partial charge in [0.05, 0.1) is 25.1 Å². The first kappa shape index (κ1) is 18.6. The van der Waals surface area contributed by atoms with E-state index in [0.717, 1.165) is 6.07 Å². The lowest BCUT2D eigenvalue weighted by Gasteiger charge is -2.09. The second-order valence-corrected chi connectivity index (χ2v) is 6.33. The molecule has 0 spiro atoms. The Bertz CT molecular complexity index is 1250. The lowest BCUT2D eigenvalue weighted by atomic mass is 10.2. The van der Waals surface area contributed by atoms with Gasteiger partial charge in [-0.3, -0.25) is 4.79 Å². The van der Waals surface area contributed by atoms with Crippen LogP contribution < -0.4 is 15.0 Å². The first-order chi connectivity index (χ1) is 14.0. The molecule has 0 radical (unpaired) electrons. The van der Waals surface area contributed by atoms with E-state index in [1.54, 1.807) is 12.1 Å². The van der Waals surface area contributed by atoms with Crippen molar-refractivity contribution in [1.29, 1.82) is 0 Å². The highest BCUT2D eigenvalue weighted by Gasteiger charge is 2.13. The first-order valence-corrected chi connectivity index (χ1v) is 8.62. The molecule has 0 atom stereocenters. The number of nitrogens with zero attached hydrogens (tertiary/aromatic N) is 2. The smallest absolute Gasteiger partial charge is 0.258 e. The summed E-state index contributed by atoms with van der Waals surface area (Å²) in [6.45, 7) is 0. The summed E-state index contributed by atoms with van der Waals surface area (Å²) >= 11 is 0. The number of benzene rings is 2. The highest BCUT2D eigenvalue weighted by atomic mass is 19.1. The van der Waals surface area contributed by atoms with Gasteiger partial charge in [0, 0.05) is 36.0 Å². The highest BCUT2D eigenvalue weighted by Crippen LogP contribution is 2.30. The minimum absolute atomic E-state index is 0.240. The second-order valence-electron chi connectivity index (χ2n) is 6.33. The largest absolute Gasteiger partial charge is 0.493 e. The Morgan fingerprint density at radius 2 is 1.66 bits per heavy atom. The summed E-state index contributed by atoms with van der Waals surface area (Å²) < 4.78 is 37.3. The number of imidazole rings is 1. The van der Waals surface area contributed by atoms with E-state index in [0.29, 0.717) is 39.7 Å². The monoisotopic (exact) mass is 398 g/mol. The van der Waals surface area contributed by atoms with E-state index < -0.39 is 11.6 Å². The van der Waals surface area contributed by atoms with E-state index in [9.17, 15) is 13.6 Å². The quantitative estimate of drug-likeness (QED) is 0.539. The average molecular weight is 398 g/mol. The van der Waals surface area contributed by atoms with Gasteiger partial charge in [0.15, 0.2) is 11.5 Å². The van der Waals surface area contributed by atoms with E-state index in [1.165, 1.54) is 32.5 Å². The van der Waals surface area contributed by atoms with Crippen LogP contribution in [-0.2, 0) is 6.42 Å². The zero-order valence-corrected chi connectivity index (χ0v) is 15.5. The molecular formula is C20H16F2N4O3. The molecule has 0 aliphatic rings. The van der Waals surface area contributed by atoms with E-state index in [-0.39, 0.29) is 17.5 Å². The molecule has 4 aromatic rings. The Kier molecular flexibility index (Phi) is 4.71. The summed E-state index contributed by atoms with van der Waals surface area (Å²) in [4.78, 5) is 26.8. The SMILES string of the molecule is COc1cc2nc(Cc3cnc(-c4cc(F)cc(F)c4)[nH]3)[nH]c(=O)c2cc1OC. The van der Waals surface area contributed by atoms with E-state index >= 15 is 0 Å². The van der Waals surface area contributed by atoms with Crippen molar-refractivity contribution in [2.45, 2.75) is 6.42 Å². The molecule has 4 rings (SSSR count). The summed E-state index contributed by atoms with van der Waals surface area (Å²) in [6, 6.07) is 6.35. The summed E-state index contributed by atoms with van der Waals surface area (Å²) in [5.74, 6) is 0.218. The van der Waals surface area contributed by atoms with Crippen LogP contribution in [-0.4, -0.2) is 34.2 Å². The molecule has 29 heavy (non-hydrogen) atoms. The molecule has 0 saturated heterocycles. The molecule has 7 nitrogen and oxygen atoms in total. The number of hydrogen-bond donors (Lipinski definition) is 2. The molecule has 0 aliphatic carbocycles. The molecule has 0 unspecified atom stereocenters. The summed E-state index contributed by atoms with van der Waals surface area (Å²) in [5.41, 5.74) is 1.03. The van der Waals surface area contributed by atoms with Gasteiger partial charge < -0.3 is 19.4 Å². The number of ether oxygens (including phenoxy) is 2. The fraction of sp³-hybridized carbons (Fsp3) is 0.150. The highest BCUT2D eigenvalue weighted by molar-refractivity contribution is 5.81. The number of methoxy groups -OCH3 is 2. The maximum atomic E-state index is 13.4. The van der Waals surface area contributed by atoms with Gasteiger partial charge in [-0.1, -0.05) is 0 Å². The molecule has 2 aromatic carbocycles. The Hall–Kier alpha value is -3.75. The number of hydrogen-bond acceptors (Lipinski definition) is 5. The van der Waals surface area contributed by atoms with Gasteiger partial charge in [-0.15, -0.1) is 0 Å². The summed E-state index contributed by atoms with van der Waals surface area (Å²) in [7, 11) is 2.99. The molecule has 0 saturated carbocycles. The van der Waals surface area contributed by atoms with Gasteiger partial charge in [-0.2, -0.15) is 0 Å². The van der Waals surface area contributed by atoms with Gasteiger partial charge in [0.1, 0.15) is 23.3 Å². The number of nitrogens with one attached hydrogen (secondary N) is 2. The summed E-state index contributed by atoms with van der Waals surface area (Å²) in [6.07, 6.45) is 1.77. The van der Waals surface area contributed by atoms with Crippen LogP contribution >= 0.6 is 0 Å². The van der Waals surface area contributed by atoms with Gasteiger partial charge >= 0.3 is 0 Å². The Labute approximate surface area is 163 Å². The molecule has 9 heteroatoms. The molecule has 148 valence electrons. The van der Waals surface area contributed by atoms with Crippen molar-refractivity contribution < 1.29 is 18.3 Å². The first-order valence-electron chi connectivity index (χ1n) is 8.62.